The Morgan fingerprint density at radius 2 is 0.800 bits per heavy atom. The molecular formula is C30H32CdN12O2. The average molecular weight is 705 g/mol. The zero-order valence-electron chi connectivity index (χ0n) is 25.4. The number of pyridine rings is 2. The molecule has 0 aliphatic heterocycles. The van der Waals surface area contributed by atoms with E-state index < -0.39 is 0 Å². The van der Waals surface area contributed by atoms with Crippen LogP contribution in [0, 0.1) is 0 Å². The maximum Gasteiger partial charge on any atom is 2.00 e. The number of hydrogen-bond donors (Lipinski definition) is 2. The van der Waals surface area contributed by atoms with Crippen LogP contribution in [0.4, 0.5) is 0 Å². The SMILES string of the molecule is CO.CO.C\C(=N/N=C(\C(=N/N=C(\C)c1ccccn1)c1ccccc1)c1ccccc1)c1ccccn1.[Cd+2].[N-]=[N+]=[N-].[N-]=[N+]=[N-]. The minimum atomic E-state index is 0. The van der Waals surface area contributed by atoms with E-state index in [2.05, 4.69) is 30.4 Å². The first-order chi connectivity index (χ1) is 21.5. The van der Waals surface area contributed by atoms with Crippen molar-refractivity contribution >= 4 is 22.8 Å². The van der Waals surface area contributed by atoms with E-state index in [-0.39, 0.29) is 27.3 Å². The minimum Gasteiger partial charge on any atom is -0.400 e. The minimum absolute atomic E-state index is 0. The topological polar surface area (TPSA) is 233 Å². The first kappa shape index (κ1) is 42.0. The maximum atomic E-state index is 7.00. The van der Waals surface area contributed by atoms with E-state index in [0.717, 1.165) is 36.7 Å². The Kier molecular flexibility index (Phi) is 25.9. The molecule has 0 aliphatic carbocycles. The molecule has 2 aromatic carbocycles. The van der Waals surface area contributed by atoms with Crippen LogP contribution in [0.3, 0.4) is 0 Å². The summed E-state index contributed by atoms with van der Waals surface area (Å²) in [4.78, 5) is 11.7. The van der Waals surface area contributed by atoms with Gasteiger partial charge in [0.25, 0.3) is 0 Å². The fourth-order valence-electron chi connectivity index (χ4n) is 3.18. The van der Waals surface area contributed by atoms with Crippen molar-refractivity contribution in [1.82, 2.24) is 9.97 Å². The molecule has 4 rings (SSSR count). The van der Waals surface area contributed by atoms with Crippen LogP contribution in [0.2, 0.25) is 0 Å². The molecule has 2 N–H and O–H groups in total. The van der Waals surface area contributed by atoms with Gasteiger partial charge in [0.2, 0.25) is 0 Å². The normalized spacial score (nSPS) is 10.5. The number of benzene rings is 2. The molecule has 0 fully saturated rings. The van der Waals surface area contributed by atoms with Crippen molar-refractivity contribution in [2.75, 3.05) is 14.2 Å². The van der Waals surface area contributed by atoms with Crippen molar-refractivity contribution in [2.24, 2.45) is 20.4 Å². The molecule has 0 aliphatic rings. The molecule has 226 valence electrons. The summed E-state index contributed by atoms with van der Waals surface area (Å²) < 4.78 is 0. The third-order valence-corrected chi connectivity index (χ3v) is 4.99. The second kappa shape index (κ2) is 27.7. The zero-order valence-corrected chi connectivity index (χ0v) is 29.4. The molecular weight excluding hydrogens is 673 g/mol. The zero-order chi connectivity index (χ0) is 33.0. The molecule has 0 unspecified atom stereocenters. The summed E-state index contributed by atoms with van der Waals surface area (Å²) in [5.74, 6) is 0. The van der Waals surface area contributed by atoms with Gasteiger partial charge in [-0.05, 0) is 38.1 Å². The molecule has 45 heavy (non-hydrogen) atoms. The van der Waals surface area contributed by atoms with Gasteiger partial charge in [-0.25, -0.2) is 0 Å². The largest absolute Gasteiger partial charge is 2.00 e. The fourth-order valence-corrected chi connectivity index (χ4v) is 3.18. The van der Waals surface area contributed by atoms with Crippen molar-refractivity contribution < 1.29 is 37.5 Å². The Hall–Kier alpha value is -5.12. The third kappa shape index (κ3) is 16.3. The van der Waals surface area contributed by atoms with Gasteiger partial charge in [0, 0.05) is 37.7 Å². The average Bonchev–Trinajstić information content (AvgIpc) is 3.10. The molecule has 0 atom stereocenters. The predicted molar refractivity (Wildman–Crippen MR) is 175 cm³/mol. The van der Waals surface area contributed by atoms with Crippen LogP contribution in [0.15, 0.2) is 130 Å². The summed E-state index contributed by atoms with van der Waals surface area (Å²) in [5.41, 5.74) is 32.9. The smallest absolute Gasteiger partial charge is 0.400 e. The Morgan fingerprint density at radius 3 is 1.07 bits per heavy atom. The molecule has 4 aromatic rings. The molecule has 0 bridgehead atoms. The molecule has 0 radical (unpaired) electrons. The van der Waals surface area contributed by atoms with E-state index >= 15 is 0 Å². The van der Waals surface area contributed by atoms with Gasteiger partial charge in [-0.3, -0.25) is 19.8 Å². The third-order valence-electron chi connectivity index (χ3n) is 4.99. The molecule has 0 saturated carbocycles. The second-order valence-corrected chi connectivity index (χ2v) is 7.61. The standard InChI is InChI=1S/C28H24N6.2CH4O.Cd.2N3/c1-21(25-17-9-11-19-29-25)31-33-27(23-13-5-3-6-14-23)28(24-15-7-4-8-16-24)34-32-22(2)26-18-10-12-20-30-26;2*1-2;;2*1-3-2/h3-20H,1-2H3;2*2H,1H3;;;/q;;;+2;2*-1/b31-21+,32-22+,33-27-,34-28-;;;;;. The number of aromatic nitrogens is 2. The Morgan fingerprint density at radius 1 is 0.511 bits per heavy atom. The Bertz CT molecular complexity index is 1420. The van der Waals surface area contributed by atoms with Gasteiger partial charge in [-0.15, -0.1) is 10.2 Å². The van der Waals surface area contributed by atoms with Crippen LogP contribution in [0.5, 0.6) is 0 Å². The predicted octanol–water partition coefficient (Wildman–Crippen LogP) is 6.55. The van der Waals surface area contributed by atoms with Gasteiger partial charge in [0.1, 0.15) is 11.4 Å². The summed E-state index contributed by atoms with van der Waals surface area (Å²) in [6.45, 7) is 3.77. The maximum absolute atomic E-state index is 7.00. The number of hydrogen-bond acceptors (Lipinski definition) is 8. The van der Waals surface area contributed by atoms with Crippen molar-refractivity contribution in [3.8, 4) is 0 Å². The summed E-state index contributed by atoms with van der Waals surface area (Å²) >= 11 is 0. The summed E-state index contributed by atoms with van der Waals surface area (Å²) in [7, 11) is 2.00. The summed E-state index contributed by atoms with van der Waals surface area (Å²) in [6, 6.07) is 31.1. The first-order valence-electron chi connectivity index (χ1n) is 12.6. The molecule has 2 heterocycles. The summed E-state index contributed by atoms with van der Waals surface area (Å²) in [5, 5.41) is 32.3. The first-order valence-corrected chi connectivity index (χ1v) is 12.6. The van der Waals surface area contributed by atoms with E-state index in [1.54, 1.807) is 12.4 Å². The monoisotopic (exact) mass is 706 g/mol. The van der Waals surface area contributed by atoms with Crippen LogP contribution in [-0.4, -0.2) is 57.2 Å². The Balaban J connectivity index is 0. The van der Waals surface area contributed by atoms with E-state index in [1.807, 2.05) is 111 Å². The van der Waals surface area contributed by atoms with Crippen molar-refractivity contribution in [3.63, 3.8) is 0 Å². The van der Waals surface area contributed by atoms with Crippen LogP contribution in [0.25, 0.3) is 31.9 Å². The van der Waals surface area contributed by atoms with Gasteiger partial charge >= 0.3 is 27.3 Å². The summed E-state index contributed by atoms with van der Waals surface area (Å²) in [6.07, 6.45) is 3.48. The molecule has 14 nitrogen and oxygen atoms in total. The van der Waals surface area contributed by atoms with Crippen molar-refractivity contribution in [2.45, 2.75) is 13.8 Å². The number of aliphatic hydroxyl groups is 2. The second-order valence-electron chi connectivity index (χ2n) is 7.61. The molecule has 2 aromatic heterocycles. The molecule has 0 spiro atoms. The number of nitrogens with zero attached hydrogens (tertiary/aromatic N) is 12. The van der Waals surface area contributed by atoms with E-state index in [0.29, 0.717) is 22.8 Å². The van der Waals surface area contributed by atoms with Crippen LogP contribution in [-0.2, 0) is 27.3 Å². The van der Waals surface area contributed by atoms with Gasteiger partial charge in [0.05, 0.1) is 22.8 Å². The van der Waals surface area contributed by atoms with Crippen molar-refractivity contribution in [1.29, 1.82) is 0 Å². The van der Waals surface area contributed by atoms with Gasteiger partial charge in [-0.2, -0.15) is 10.2 Å². The van der Waals surface area contributed by atoms with E-state index in [9.17, 15) is 0 Å². The molecule has 0 amide bonds. The van der Waals surface area contributed by atoms with Gasteiger partial charge in [0.15, 0.2) is 0 Å². The van der Waals surface area contributed by atoms with Gasteiger partial charge < -0.3 is 32.3 Å². The van der Waals surface area contributed by atoms with E-state index in [1.165, 1.54) is 9.82 Å². The number of rotatable bonds is 7. The van der Waals surface area contributed by atoms with Gasteiger partial charge in [-0.1, -0.05) is 72.8 Å². The Labute approximate surface area is 281 Å². The van der Waals surface area contributed by atoms with E-state index in [4.69, 9.17) is 32.3 Å². The fraction of sp³-hybridized carbons (Fsp3) is 0.133. The molecule has 15 heteroatoms. The number of aliphatic hydroxyl groups excluding tert-OH is 2. The van der Waals surface area contributed by atoms with Crippen LogP contribution >= 0.6 is 0 Å². The molecule has 0 saturated heterocycles. The quantitative estimate of drug-likeness (QED) is 0.0543. The van der Waals surface area contributed by atoms with Crippen molar-refractivity contribution in [3.05, 3.63) is 164 Å². The van der Waals surface area contributed by atoms with Crippen LogP contribution in [0.1, 0.15) is 36.4 Å². The van der Waals surface area contributed by atoms with Crippen LogP contribution < -0.4 is 0 Å².